The molecule has 0 bridgehead atoms. The molecule has 82 valence electrons. The van der Waals surface area contributed by atoms with Crippen molar-refractivity contribution in [3.05, 3.63) is 29.3 Å². The Morgan fingerprint density at radius 1 is 1.40 bits per heavy atom. The largest absolute Gasteiger partial charge is 0.508 e. The zero-order chi connectivity index (χ0) is 11.4. The molecule has 0 unspecified atom stereocenters. The zero-order valence-corrected chi connectivity index (χ0v) is 8.09. The van der Waals surface area contributed by atoms with E-state index in [1.807, 2.05) is 0 Å². The third kappa shape index (κ3) is 2.90. The lowest BCUT2D eigenvalue weighted by Gasteiger charge is -2.05. The molecular formula is C10H10F2O3. The quantitative estimate of drug-likeness (QED) is 0.783. The van der Waals surface area contributed by atoms with E-state index in [9.17, 15) is 13.6 Å². The molecule has 0 saturated carbocycles. The first-order chi connectivity index (χ1) is 7.04. The minimum atomic E-state index is -0.958. The molecule has 15 heavy (non-hydrogen) atoms. The van der Waals surface area contributed by atoms with E-state index in [-0.39, 0.29) is 6.61 Å². The molecular weight excluding hydrogens is 206 g/mol. The van der Waals surface area contributed by atoms with Crippen LogP contribution in [0.2, 0.25) is 0 Å². The molecule has 0 aliphatic heterocycles. The third-order valence-corrected chi connectivity index (χ3v) is 1.75. The highest BCUT2D eigenvalue weighted by molar-refractivity contribution is 5.72. The average Bonchev–Trinajstić information content (AvgIpc) is 2.11. The van der Waals surface area contributed by atoms with E-state index in [0.717, 1.165) is 12.1 Å². The van der Waals surface area contributed by atoms with Crippen molar-refractivity contribution in [2.24, 2.45) is 0 Å². The van der Waals surface area contributed by atoms with Crippen molar-refractivity contribution in [1.29, 1.82) is 0 Å². The molecule has 0 radical (unpaired) electrons. The van der Waals surface area contributed by atoms with E-state index in [2.05, 4.69) is 4.74 Å². The van der Waals surface area contributed by atoms with Gasteiger partial charge in [0.1, 0.15) is 17.4 Å². The molecule has 1 rings (SSSR count). The fourth-order valence-electron chi connectivity index (χ4n) is 1.11. The van der Waals surface area contributed by atoms with E-state index in [1.54, 1.807) is 6.92 Å². The topological polar surface area (TPSA) is 46.5 Å². The van der Waals surface area contributed by atoms with Crippen molar-refractivity contribution in [2.75, 3.05) is 6.61 Å². The highest BCUT2D eigenvalue weighted by Gasteiger charge is 2.15. The van der Waals surface area contributed by atoms with Gasteiger partial charge in [-0.2, -0.15) is 0 Å². The van der Waals surface area contributed by atoms with Crippen LogP contribution in [0.5, 0.6) is 5.75 Å². The normalized spacial score (nSPS) is 10.1. The number of esters is 1. The first-order valence-corrected chi connectivity index (χ1v) is 4.37. The molecule has 0 heterocycles. The fourth-order valence-corrected chi connectivity index (χ4v) is 1.11. The van der Waals surface area contributed by atoms with Crippen LogP contribution >= 0.6 is 0 Å². The predicted octanol–water partition coefficient (Wildman–Crippen LogP) is 1.78. The number of hydrogen-bond acceptors (Lipinski definition) is 3. The lowest BCUT2D eigenvalue weighted by atomic mass is 10.1. The number of hydrogen-bond donors (Lipinski definition) is 1. The van der Waals surface area contributed by atoms with Crippen LogP contribution in [0.15, 0.2) is 12.1 Å². The third-order valence-electron chi connectivity index (χ3n) is 1.75. The number of rotatable bonds is 3. The average molecular weight is 216 g/mol. The second-order valence-corrected chi connectivity index (χ2v) is 2.87. The van der Waals surface area contributed by atoms with E-state index in [0.29, 0.717) is 0 Å². The van der Waals surface area contributed by atoms with Crippen LogP contribution in [0, 0.1) is 11.6 Å². The maximum absolute atomic E-state index is 13.1. The standard InChI is InChI=1S/C10H10F2O3/c1-2-15-10(14)5-7-8(11)3-6(13)4-9(7)12/h3-4,13H,2,5H2,1H3. The van der Waals surface area contributed by atoms with E-state index >= 15 is 0 Å². The summed E-state index contributed by atoms with van der Waals surface area (Å²) in [6.07, 6.45) is -0.480. The first-order valence-electron chi connectivity index (χ1n) is 4.37. The number of carbonyl (C=O) groups is 1. The second kappa shape index (κ2) is 4.72. The van der Waals surface area contributed by atoms with Crippen molar-refractivity contribution >= 4 is 5.97 Å². The number of aromatic hydroxyl groups is 1. The minimum absolute atomic E-state index is 0.153. The minimum Gasteiger partial charge on any atom is -0.508 e. The van der Waals surface area contributed by atoms with Crippen molar-refractivity contribution in [3.8, 4) is 5.75 Å². The summed E-state index contributed by atoms with van der Waals surface area (Å²) >= 11 is 0. The summed E-state index contributed by atoms with van der Waals surface area (Å²) in [4.78, 5) is 11.0. The Bertz CT molecular complexity index is 354. The van der Waals surface area contributed by atoms with Crippen LogP contribution in [-0.2, 0) is 16.0 Å². The lowest BCUT2D eigenvalue weighted by molar-refractivity contribution is -0.142. The fraction of sp³-hybridized carbons (Fsp3) is 0.300. The molecule has 0 aliphatic carbocycles. The van der Waals surface area contributed by atoms with Gasteiger partial charge in [0.05, 0.1) is 13.0 Å². The highest BCUT2D eigenvalue weighted by atomic mass is 19.1. The number of benzene rings is 1. The Morgan fingerprint density at radius 2 is 1.93 bits per heavy atom. The number of carbonyl (C=O) groups excluding carboxylic acids is 1. The molecule has 0 saturated heterocycles. The summed E-state index contributed by atoms with van der Waals surface area (Å²) in [6.45, 7) is 1.75. The van der Waals surface area contributed by atoms with Gasteiger partial charge in [0.15, 0.2) is 0 Å². The molecule has 0 amide bonds. The Hall–Kier alpha value is -1.65. The van der Waals surface area contributed by atoms with Gasteiger partial charge in [-0.25, -0.2) is 8.78 Å². The van der Waals surface area contributed by atoms with Gasteiger partial charge < -0.3 is 9.84 Å². The van der Waals surface area contributed by atoms with E-state index < -0.39 is 35.3 Å². The van der Waals surface area contributed by atoms with Crippen molar-refractivity contribution < 1.29 is 23.4 Å². The van der Waals surface area contributed by atoms with Crippen LogP contribution in [0.25, 0.3) is 0 Å². The van der Waals surface area contributed by atoms with Crippen LogP contribution in [0.4, 0.5) is 8.78 Å². The number of phenols is 1. The second-order valence-electron chi connectivity index (χ2n) is 2.87. The summed E-state index contributed by atoms with van der Waals surface area (Å²) in [7, 11) is 0. The molecule has 1 N–H and O–H groups in total. The van der Waals surface area contributed by atoms with Gasteiger partial charge in [0.2, 0.25) is 0 Å². The first kappa shape index (κ1) is 11.4. The molecule has 1 aromatic carbocycles. The number of halogens is 2. The number of phenolic OH excluding ortho intramolecular Hbond substituents is 1. The summed E-state index contributed by atoms with van der Waals surface area (Å²) < 4.78 is 30.8. The molecule has 3 nitrogen and oxygen atoms in total. The van der Waals surface area contributed by atoms with E-state index in [1.165, 1.54) is 0 Å². The van der Waals surface area contributed by atoms with Crippen LogP contribution < -0.4 is 0 Å². The highest BCUT2D eigenvalue weighted by Crippen LogP contribution is 2.20. The maximum atomic E-state index is 13.1. The lowest BCUT2D eigenvalue weighted by Crippen LogP contribution is -2.10. The van der Waals surface area contributed by atoms with Gasteiger partial charge in [0, 0.05) is 17.7 Å². The molecule has 1 aromatic rings. The Morgan fingerprint density at radius 3 is 2.40 bits per heavy atom. The molecule has 0 spiro atoms. The number of ether oxygens (including phenoxy) is 1. The summed E-state index contributed by atoms with van der Waals surface area (Å²) in [5.41, 5.74) is -0.397. The van der Waals surface area contributed by atoms with Gasteiger partial charge in [0.25, 0.3) is 0 Å². The van der Waals surface area contributed by atoms with E-state index in [4.69, 9.17) is 5.11 Å². The van der Waals surface area contributed by atoms with Gasteiger partial charge in [-0.1, -0.05) is 0 Å². The van der Waals surface area contributed by atoms with Crippen molar-refractivity contribution in [1.82, 2.24) is 0 Å². The summed E-state index contributed by atoms with van der Waals surface area (Å²) in [6, 6.07) is 1.50. The molecule has 0 fully saturated rings. The Kier molecular flexibility index (Phi) is 3.60. The monoisotopic (exact) mass is 216 g/mol. The molecule has 0 aliphatic rings. The van der Waals surface area contributed by atoms with Gasteiger partial charge in [-0.3, -0.25) is 4.79 Å². The Balaban J connectivity index is 2.90. The molecule has 5 heteroatoms. The smallest absolute Gasteiger partial charge is 0.310 e. The van der Waals surface area contributed by atoms with Gasteiger partial charge in [-0.05, 0) is 6.92 Å². The van der Waals surface area contributed by atoms with Crippen molar-refractivity contribution in [3.63, 3.8) is 0 Å². The summed E-state index contributed by atoms with van der Waals surface area (Å²) in [5, 5.41) is 8.86. The van der Waals surface area contributed by atoms with Gasteiger partial charge >= 0.3 is 5.97 Å². The van der Waals surface area contributed by atoms with Crippen LogP contribution in [0.1, 0.15) is 12.5 Å². The van der Waals surface area contributed by atoms with Gasteiger partial charge in [-0.15, -0.1) is 0 Å². The Labute approximate surface area is 85.3 Å². The molecule has 0 atom stereocenters. The van der Waals surface area contributed by atoms with Crippen LogP contribution in [-0.4, -0.2) is 17.7 Å². The molecule has 0 aromatic heterocycles. The maximum Gasteiger partial charge on any atom is 0.310 e. The predicted molar refractivity (Wildman–Crippen MR) is 48.4 cm³/mol. The van der Waals surface area contributed by atoms with Crippen molar-refractivity contribution in [2.45, 2.75) is 13.3 Å². The SMILES string of the molecule is CCOC(=O)Cc1c(F)cc(O)cc1F. The summed E-state index contributed by atoms with van der Waals surface area (Å²) in [5.74, 6) is -3.14. The van der Waals surface area contributed by atoms with Crippen LogP contribution in [0.3, 0.4) is 0 Å². The zero-order valence-electron chi connectivity index (χ0n) is 8.09.